The van der Waals surface area contributed by atoms with Crippen molar-refractivity contribution in [1.29, 1.82) is 0 Å². The second-order valence-corrected chi connectivity index (χ2v) is 8.04. The molecule has 2 heteroatoms. The standard InChI is InChI=1S/C17H22IN/c1-19-14(8-10-2-6-13(18)7-3-10)17-15-11-4-5-12(9-11)16(15)17/h2-3,6-7,11-12,14-17,19H,4-5,8-9H2,1H3. The van der Waals surface area contributed by atoms with Crippen LogP contribution in [0.1, 0.15) is 24.8 Å². The number of hydrogen-bond donors (Lipinski definition) is 1. The van der Waals surface area contributed by atoms with E-state index in [0.29, 0.717) is 6.04 Å². The van der Waals surface area contributed by atoms with E-state index in [4.69, 9.17) is 0 Å². The third-order valence-corrected chi connectivity index (χ3v) is 6.72. The van der Waals surface area contributed by atoms with Crippen LogP contribution in [0.2, 0.25) is 0 Å². The number of benzene rings is 1. The van der Waals surface area contributed by atoms with Crippen LogP contribution in [0.25, 0.3) is 0 Å². The van der Waals surface area contributed by atoms with E-state index in [1.165, 1.54) is 28.4 Å². The van der Waals surface area contributed by atoms with E-state index in [0.717, 1.165) is 29.6 Å². The quantitative estimate of drug-likeness (QED) is 0.800. The van der Waals surface area contributed by atoms with E-state index >= 15 is 0 Å². The van der Waals surface area contributed by atoms with Crippen LogP contribution in [0.5, 0.6) is 0 Å². The Hall–Kier alpha value is -0.0900. The fraction of sp³-hybridized carbons (Fsp3) is 0.647. The highest BCUT2D eigenvalue weighted by atomic mass is 127. The van der Waals surface area contributed by atoms with E-state index in [-0.39, 0.29) is 0 Å². The van der Waals surface area contributed by atoms with Crippen LogP contribution in [0, 0.1) is 33.2 Å². The number of likely N-dealkylation sites (N-methyl/N-ethyl adjacent to an activating group) is 1. The van der Waals surface area contributed by atoms with Crippen LogP contribution >= 0.6 is 22.6 Å². The Labute approximate surface area is 129 Å². The van der Waals surface area contributed by atoms with E-state index in [2.05, 4.69) is 59.2 Å². The van der Waals surface area contributed by atoms with Crippen molar-refractivity contribution in [3.8, 4) is 0 Å². The van der Waals surface area contributed by atoms with Crippen LogP contribution in [0.15, 0.2) is 24.3 Å². The average Bonchev–Trinajstić information content (AvgIpc) is 2.86. The first-order chi connectivity index (χ1) is 9.28. The van der Waals surface area contributed by atoms with Crippen LogP contribution in [-0.4, -0.2) is 13.1 Å². The van der Waals surface area contributed by atoms with E-state index in [1.807, 2.05) is 0 Å². The molecule has 1 aromatic rings. The largest absolute Gasteiger partial charge is 0.316 e. The normalized spacial score (nSPS) is 40.2. The van der Waals surface area contributed by atoms with Crippen molar-refractivity contribution in [3.05, 3.63) is 33.4 Å². The highest BCUT2D eigenvalue weighted by Gasteiger charge is 2.66. The molecule has 0 heterocycles. The number of fused-ring (bicyclic) bond motifs is 5. The topological polar surface area (TPSA) is 12.0 Å². The molecule has 0 amide bonds. The Kier molecular flexibility index (Phi) is 3.14. The predicted molar refractivity (Wildman–Crippen MR) is 87.0 cm³/mol. The molecule has 3 saturated carbocycles. The first-order valence-corrected chi connectivity index (χ1v) is 8.77. The molecule has 2 bridgehead atoms. The maximum absolute atomic E-state index is 3.62. The van der Waals surface area contributed by atoms with Crippen molar-refractivity contribution < 1.29 is 0 Å². The van der Waals surface area contributed by atoms with Crippen LogP contribution in [0.3, 0.4) is 0 Å². The smallest absolute Gasteiger partial charge is 0.0138 e. The number of nitrogens with one attached hydrogen (secondary N) is 1. The Morgan fingerprint density at radius 1 is 1.16 bits per heavy atom. The Morgan fingerprint density at radius 3 is 2.37 bits per heavy atom. The summed E-state index contributed by atoms with van der Waals surface area (Å²) in [7, 11) is 2.16. The van der Waals surface area contributed by atoms with Gasteiger partial charge in [0.1, 0.15) is 0 Å². The third kappa shape index (κ3) is 2.06. The molecule has 1 N–H and O–H groups in total. The fourth-order valence-electron chi connectivity index (χ4n) is 5.24. The molecule has 1 nitrogen and oxygen atoms in total. The van der Waals surface area contributed by atoms with Crippen molar-refractivity contribution in [3.63, 3.8) is 0 Å². The van der Waals surface area contributed by atoms with Gasteiger partial charge in [0, 0.05) is 9.61 Å². The summed E-state index contributed by atoms with van der Waals surface area (Å²) < 4.78 is 1.34. The summed E-state index contributed by atoms with van der Waals surface area (Å²) in [6.45, 7) is 0. The SMILES string of the molecule is CNC(Cc1ccc(I)cc1)C1C2C3CCC(C3)C21. The van der Waals surface area contributed by atoms with Crippen LogP contribution < -0.4 is 5.32 Å². The first-order valence-electron chi connectivity index (χ1n) is 7.69. The van der Waals surface area contributed by atoms with Crippen molar-refractivity contribution in [2.75, 3.05) is 7.05 Å². The van der Waals surface area contributed by atoms with Gasteiger partial charge in [0.15, 0.2) is 0 Å². The average molecular weight is 367 g/mol. The van der Waals surface area contributed by atoms with Crippen molar-refractivity contribution in [2.24, 2.45) is 29.6 Å². The lowest BCUT2D eigenvalue weighted by Gasteiger charge is -2.20. The molecule has 4 rings (SSSR count). The van der Waals surface area contributed by atoms with Gasteiger partial charge in [0.05, 0.1) is 0 Å². The van der Waals surface area contributed by atoms with Crippen LogP contribution in [-0.2, 0) is 6.42 Å². The molecule has 0 saturated heterocycles. The summed E-state index contributed by atoms with van der Waals surface area (Å²) in [5.41, 5.74) is 1.50. The molecule has 1 aromatic carbocycles. The molecule has 5 atom stereocenters. The van der Waals surface area contributed by atoms with Gasteiger partial charge in [-0.2, -0.15) is 0 Å². The summed E-state index contributed by atoms with van der Waals surface area (Å²) in [6.07, 6.45) is 5.83. The highest BCUT2D eigenvalue weighted by Crippen LogP contribution is 2.70. The van der Waals surface area contributed by atoms with Gasteiger partial charge in [-0.1, -0.05) is 12.1 Å². The Balaban J connectivity index is 1.46. The predicted octanol–water partition coefficient (Wildman–Crippen LogP) is 3.71. The molecule has 0 radical (unpaired) electrons. The Bertz CT molecular complexity index is 453. The molecular formula is C17H22IN. The fourth-order valence-corrected chi connectivity index (χ4v) is 5.59. The molecule has 102 valence electrons. The minimum atomic E-state index is 0.707. The maximum Gasteiger partial charge on any atom is 0.0138 e. The number of rotatable bonds is 4. The molecule has 19 heavy (non-hydrogen) atoms. The third-order valence-electron chi connectivity index (χ3n) is 6.00. The first kappa shape index (κ1) is 12.6. The lowest BCUT2D eigenvalue weighted by Crippen LogP contribution is -2.32. The summed E-state index contributed by atoms with van der Waals surface area (Å²) in [5.74, 6) is 5.33. The second kappa shape index (κ2) is 4.73. The molecule has 3 aliphatic carbocycles. The second-order valence-electron chi connectivity index (χ2n) is 6.79. The van der Waals surface area contributed by atoms with Crippen LogP contribution in [0.4, 0.5) is 0 Å². The van der Waals surface area contributed by atoms with Gasteiger partial charge in [0.25, 0.3) is 0 Å². The minimum absolute atomic E-state index is 0.707. The van der Waals surface area contributed by atoms with E-state index < -0.39 is 0 Å². The molecule has 0 aromatic heterocycles. The van der Waals surface area contributed by atoms with Crippen molar-refractivity contribution in [2.45, 2.75) is 31.7 Å². The van der Waals surface area contributed by atoms with Gasteiger partial charge < -0.3 is 5.32 Å². The van der Waals surface area contributed by atoms with Gasteiger partial charge in [-0.15, -0.1) is 0 Å². The molecule has 3 aliphatic rings. The van der Waals surface area contributed by atoms with E-state index in [1.54, 1.807) is 6.42 Å². The monoisotopic (exact) mass is 367 g/mol. The number of halogens is 1. The van der Waals surface area contributed by atoms with Crippen molar-refractivity contribution >= 4 is 22.6 Å². The van der Waals surface area contributed by atoms with Crippen molar-refractivity contribution in [1.82, 2.24) is 5.32 Å². The van der Waals surface area contributed by atoms with Gasteiger partial charge in [0.2, 0.25) is 0 Å². The molecular weight excluding hydrogens is 345 g/mol. The zero-order chi connectivity index (χ0) is 13.0. The zero-order valence-electron chi connectivity index (χ0n) is 11.5. The minimum Gasteiger partial charge on any atom is -0.316 e. The van der Waals surface area contributed by atoms with Gasteiger partial charge in [-0.25, -0.2) is 0 Å². The maximum atomic E-state index is 3.62. The van der Waals surface area contributed by atoms with Gasteiger partial charge >= 0.3 is 0 Å². The molecule has 0 aliphatic heterocycles. The molecule has 5 unspecified atom stereocenters. The summed E-state index contributed by atoms with van der Waals surface area (Å²) in [5, 5.41) is 3.62. The van der Waals surface area contributed by atoms with E-state index in [9.17, 15) is 0 Å². The summed E-state index contributed by atoms with van der Waals surface area (Å²) in [6, 6.07) is 9.79. The summed E-state index contributed by atoms with van der Waals surface area (Å²) >= 11 is 2.38. The molecule has 3 fully saturated rings. The molecule has 0 spiro atoms. The van der Waals surface area contributed by atoms with Gasteiger partial charge in [-0.3, -0.25) is 0 Å². The summed E-state index contributed by atoms with van der Waals surface area (Å²) in [4.78, 5) is 0. The highest BCUT2D eigenvalue weighted by molar-refractivity contribution is 14.1. The zero-order valence-corrected chi connectivity index (χ0v) is 13.6. The number of hydrogen-bond acceptors (Lipinski definition) is 1. The lowest BCUT2D eigenvalue weighted by molar-refractivity contribution is 0.376. The van der Waals surface area contributed by atoms with Gasteiger partial charge in [-0.05, 0) is 103 Å². The Morgan fingerprint density at radius 2 is 1.79 bits per heavy atom. The lowest BCUT2D eigenvalue weighted by atomic mass is 9.93.